The number of sulfonamides is 1. The summed E-state index contributed by atoms with van der Waals surface area (Å²) in [6.45, 7) is 7.79. The van der Waals surface area contributed by atoms with Crippen LogP contribution in [0, 0.1) is 5.92 Å². The highest BCUT2D eigenvalue weighted by Gasteiger charge is 2.61. The topological polar surface area (TPSA) is 173 Å². The van der Waals surface area contributed by atoms with Crippen LogP contribution in [-0.4, -0.2) is 78.5 Å². The summed E-state index contributed by atoms with van der Waals surface area (Å²) in [6.07, 6.45) is 7.58. The van der Waals surface area contributed by atoms with E-state index in [2.05, 4.69) is 20.3 Å². The number of nitrogens with zero attached hydrogens (tertiary/aromatic N) is 2. The van der Waals surface area contributed by atoms with Crippen LogP contribution >= 0.6 is 11.3 Å². The number of aromatic nitrogens is 1. The van der Waals surface area contributed by atoms with Crippen molar-refractivity contribution < 1.29 is 37.1 Å². The summed E-state index contributed by atoms with van der Waals surface area (Å²) in [6, 6.07) is 3.30. The zero-order valence-corrected chi connectivity index (χ0v) is 28.8. The molecule has 1 aliphatic carbocycles. The van der Waals surface area contributed by atoms with Crippen molar-refractivity contribution in [1.82, 2.24) is 25.2 Å². The average molecular weight is 690 g/mol. The number of fused-ring (bicyclic) bond motifs is 3. The number of benzene rings is 1. The second-order valence-corrected chi connectivity index (χ2v) is 16.1. The number of carbonyl (C=O) groups excluding carboxylic acids is 4. The molecule has 0 unspecified atom stereocenters. The van der Waals surface area contributed by atoms with Crippen LogP contribution in [0.1, 0.15) is 79.1 Å². The number of thiazole rings is 1. The van der Waals surface area contributed by atoms with Crippen LogP contribution in [0.5, 0.6) is 5.75 Å². The van der Waals surface area contributed by atoms with Gasteiger partial charge in [0.15, 0.2) is 0 Å². The lowest BCUT2D eigenvalue weighted by Gasteiger charge is -2.30. The number of amides is 4. The first-order valence-corrected chi connectivity index (χ1v) is 18.4. The fourth-order valence-corrected chi connectivity index (χ4v) is 8.30. The van der Waals surface area contributed by atoms with Crippen molar-refractivity contribution in [3.63, 3.8) is 0 Å². The second-order valence-electron chi connectivity index (χ2n) is 13.2. The quantitative estimate of drug-likeness (QED) is 0.382. The zero-order valence-electron chi connectivity index (χ0n) is 27.2. The zero-order chi connectivity index (χ0) is 34.0. The molecule has 2 aliphatic heterocycles. The molecule has 1 aromatic carbocycles. The van der Waals surface area contributed by atoms with Crippen LogP contribution in [0.25, 0.3) is 10.2 Å². The highest BCUT2D eigenvalue weighted by molar-refractivity contribution is 7.92. The summed E-state index contributed by atoms with van der Waals surface area (Å²) in [7, 11) is -4.37. The molecule has 15 heteroatoms. The van der Waals surface area contributed by atoms with Crippen molar-refractivity contribution in [2.24, 2.45) is 5.92 Å². The minimum Gasteiger partial charge on any atom is -0.494 e. The van der Waals surface area contributed by atoms with Crippen molar-refractivity contribution in [2.45, 2.75) is 107 Å². The maximum Gasteiger partial charge on any atom is 0.408 e. The van der Waals surface area contributed by atoms with Gasteiger partial charge in [-0.15, -0.1) is 11.3 Å². The molecule has 3 aliphatic rings. The smallest absolute Gasteiger partial charge is 0.408 e. The van der Waals surface area contributed by atoms with Gasteiger partial charge in [-0.2, -0.15) is 8.42 Å². The van der Waals surface area contributed by atoms with Crippen LogP contribution in [-0.2, 0) is 29.1 Å². The Kier molecular flexibility index (Phi) is 10.2. The first-order chi connectivity index (χ1) is 22.2. The first kappa shape index (κ1) is 34.6. The molecule has 4 atom stereocenters. The van der Waals surface area contributed by atoms with E-state index in [1.54, 1.807) is 39.0 Å². The lowest BCUT2D eigenvalue weighted by Crippen LogP contribution is -2.58. The highest BCUT2D eigenvalue weighted by atomic mass is 32.2. The summed E-state index contributed by atoms with van der Waals surface area (Å²) in [5, 5.41) is 5.54. The third-order valence-electron chi connectivity index (χ3n) is 8.43. The SMILES string of the molecule is CCOc1ccc2sc(S(=O)(=O)NC(=O)[C@@]34C[C@@H]3/C=C\CCCCC[C@H](NC(=O)OC(C)(C)C)C(=O)N3CCC[C@H]3C(=O)N4)nc2c1. The summed E-state index contributed by atoms with van der Waals surface area (Å²) in [4.78, 5) is 59.7. The average Bonchev–Trinajstić information content (AvgIpc) is 3.31. The third-order valence-corrected chi connectivity index (χ3v) is 11.2. The molecule has 0 spiro atoms. The minimum atomic E-state index is -4.37. The number of carbonyl (C=O) groups is 4. The Morgan fingerprint density at radius 2 is 1.94 bits per heavy atom. The number of rotatable bonds is 6. The Hall–Kier alpha value is -3.72. The molecule has 4 amide bonds. The molecule has 5 rings (SSSR count). The molecule has 3 heterocycles. The lowest BCUT2D eigenvalue weighted by atomic mass is 10.0. The van der Waals surface area contributed by atoms with Gasteiger partial charge in [0.05, 0.1) is 16.8 Å². The van der Waals surface area contributed by atoms with Crippen LogP contribution in [0.15, 0.2) is 34.7 Å². The van der Waals surface area contributed by atoms with Crippen molar-refractivity contribution in [1.29, 1.82) is 0 Å². The van der Waals surface area contributed by atoms with E-state index in [9.17, 15) is 27.6 Å². The normalized spacial score (nSPS) is 26.2. The summed E-state index contributed by atoms with van der Waals surface area (Å²) in [5.41, 5.74) is -1.84. The third kappa shape index (κ3) is 8.06. The molecule has 0 bridgehead atoms. The van der Waals surface area contributed by atoms with E-state index in [1.165, 1.54) is 4.90 Å². The summed E-state index contributed by atoms with van der Waals surface area (Å²) >= 11 is 0.924. The minimum absolute atomic E-state index is 0.206. The van der Waals surface area contributed by atoms with E-state index in [-0.39, 0.29) is 10.8 Å². The molecule has 3 N–H and O–H groups in total. The molecule has 2 aromatic rings. The number of hydrogen-bond acceptors (Lipinski definition) is 10. The standard InChI is InChI=1S/C32H43N5O8S2/c1-5-44-21-15-16-25-23(18-21)34-30(46-25)47(42,43)36-28(40)32-19-20(32)12-9-7-6-8-10-13-22(33-29(41)45-31(2,3)4)27(39)37-17-11-14-24(37)26(38)35-32/h9,12,15-16,18,20,22,24H,5-8,10-11,13-14,17,19H2,1-4H3,(H,33,41)(H,35,38)(H,36,40)/b12-9-/t20-,22-,24-,32+/m0/s1. The largest absolute Gasteiger partial charge is 0.494 e. The second kappa shape index (κ2) is 13.8. The van der Waals surface area contributed by atoms with Gasteiger partial charge in [0, 0.05) is 18.5 Å². The van der Waals surface area contributed by atoms with Crippen molar-refractivity contribution in [3.8, 4) is 5.75 Å². The van der Waals surface area contributed by atoms with E-state index in [0.29, 0.717) is 61.2 Å². The molecule has 256 valence electrons. The molecule has 13 nitrogen and oxygen atoms in total. The number of ether oxygens (including phenoxy) is 2. The van der Waals surface area contributed by atoms with E-state index < -0.39 is 63.0 Å². The summed E-state index contributed by atoms with van der Waals surface area (Å²) in [5.74, 6) is -1.68. The van der Waals surface area contributed by atoms with Crippen molar-refractivity contribution >= 4 is 55.4 Å². The number of hydrogen-bond donors (Lipinski definition) is 3. The van der Waals surface area contributed by atoms with Crippen LogP contribution in [0.4, 0.5) is 4.79 Å². The van der Waals surface area contributed by atoms with Gasteiger partial charge in [-0.25, -0.2) is 14.5 Å². The van der Waals surface area contributed by atoms with E-state index >= 15 is 0 Å². The van der Waals surface area contributed by atoms with Gasteiger partial charge < -0.3 is 25.0 Å². The molecule has 1 saturated heterocycles. The molecule has 1 saturated carbocycles. The van der Waals surface area contributed by atoms with Crippen LogP contribution in [0.2, 0.25) is 0 Å². The van der Waals surface area contributed by atoms with E-state index in [0.717, 1.165) is 24.2 Å². The van der Waals surface area contributed by atoms with Crippen molar-refractivity contribution in [2.75, 3.05) is 13.2 Å². The van der Waals surface area contributed by atoms with Gasteiger partial charge in [-0.3, -0.25) is 14.4 Å². The molecule has 47 heavy (non-hydrogen) atoms. The maximum absolute atomic E-state index is 13.8. The van der Waals surface area contributed by atoms with Gasteiger partial charge in [0.25, 0.3) is 15.9 Å². The van der Waals surface area contributed by atoms with Crippen LogP contribution in [0.3, 0.4) is 0 Å². The maximum atomic E-state index is 13.8. The fourth-order valence-electron chi connectivity index (χ4n) is 6.06. The number of allylic oxidation sites excluding steroid dienone is 1. The monoisotopic (exact) mass is 689 g/mol. The molecule has 0 radical (unpaired) electrons. The van der Waals surface area contributed by atoms with Gasteiger partial charge in [-0.05, 0) is 78.4 Å². The molecular formula is C32H43N5O8S2. The number of nitrogens with one attached hydrogen (secondary N) is 3. The molecular weight excluding hydrogens is 647 g/mol. The number of alkyl carbamates (subject to hydrolysis) is 1. The van der Waals surface area contributed by atoms with Gasteiger partial charge in [-0.1, -0.05) is 25.0 Å². The Labute approximate surface area is 278 Å². The predicted octanol–water partition coefficient (Wildman–Crippen LogP) is 3.78. The Morgan fingerprint density at radius 3 is 2.68 bits per heavy atom. The van der Waals surface area contributed by atoms with Gasteiger partial charge >= 0.3 is 6.09 Å². The Bertz CT molecular complexity index is 1670. The van der Waals surface area contributed by atoms with E-state index in [1.807, 2.05) is 19.1 Å². The lowest BCUT2D eigenvalue weighted by molar-refractivity contribution is -0.141. The van der Waals surface area contributed by atoms with Gasteiger partial charge in [0.2, 0.25) is 16.2 Å². The highest BCUT2D eigenvalue weighted by Crippen LogP contribution is 2.46. The van der Waals surface area contributed by atoms with Crippen molar-refractivity contribution in [3.05, 3.63) is 30.4 Å². The van der Waals surface area contributed by atoms with Gasteiger partial charge in [0.1, 0.15) is 29.0 Å². The Morgan fingerprint density at radius 1 is 1.15 bits per heavy atom. The first-order valence-electron chi connectivity index (χ1n) is 16.1. The predicted molar refractivity (Wildman–Crippen MR) is 175 cm³/mol. The molecule has 1 aromatic heterocycles. The van der Waals surface area contributed by atoms with E-state index in [4.69, 9.17) is 9.47 Å². The summed E-state index contributed by atoms with van der Waals surface area (Å²) < 4.78 is 40.2. The molecule has 2 fully saturated rings. The van der Waals surface area contributed by atoms with Crippen LogP contribution < -0.4 is 20.1 Å². The Balaban J connectivity index is 1.36. The fraction of sp³-hybridized carbons (Fsp3) is 0.594.